The maximum atomic E-state index is 11.3. The molecule has 0 unspecified atom stereocenters. The maximum absolute atomic E-state index is 11.3. The Labute approximate surface area is 126 Å². The number of nitrogens with one attached hydrogen (secondary N) is 1. The van der Waals surface area contributed by atoms with E-state index in [1.807, 2.05) is 6.92 Å². The van der Waals surface area contributed by atoms with Gasteiger partial charge in [-0.1, -0.05) is 6.92 Å². The van der Waals surface area contributed by atoms with Gasteiger partial charge < -0.3 is 16.0 Å². The quantitative estimate of drug-likeness (QED) is 0.858. The van der Waals surface area contributed by atoms with E-state index in [1.165, 1.54) is 0 Å². The molecule has 0 saturated carbocycles. The number of nitrogens with zero attached hydrogens (tertiary/aromatic N) is 3. The van der Waals surface area contributed by atoms with E-state index >= 15 is 0 Å². The summed E-state index contributed by atoms with van der Waals surface area (Å²) in [4.78, 5) is 22.8. The predicted octanol–water partition coefficient (Wildman–Crippen LogP) is 1.48. The van der Waals surface area contributed by atoms with Crippen molar-refractivity contribution in [2.75, 3.05) is 29.9 Å². The molecule has 1 aromatic heterocycles. The van der Waals surface area contributed by atoms with Gasteiger partial charge in [0.1, 0.15) is 17.5 Å². The summed E-state index contributed by atoms with van der Waals surface area (Å²) in [5.41, 5.74) is 6.47. The van der Waals surface area contributed by atoms with Gasteiger partial charge in [0.2, 0.25) is 5.91 Å². The predicted molar refractivity (Wildman–Crippen MR) is 84.4 cm³/mol. The van der Waals surface area contributed by atoms with Gasteiger partial charge in [-0.3, -0.25) is 4.79 Å². The minimum atomic E-state index is -0.184. The highest BCUT2D eigenvalue weighted by molar-refractivity contribution is 5.77. The first-order chi connectivity index (χ1) is 10.1. The number of anilines is 2. The zero-order valence-electron chi connectivity index (χ0n) is 13.1. The van der Waals surface area contributed by atoms with Gasteiger partial charge in [-0.25, -0.2) is 9.97 Å². The normalized spacial score (nSPS) is 16.0. The molecule has 0 radical (unpaired) electrons. The third-order valence-corrected chi connectivity index (χ3v) is 4.02. The average Bonchev–Trinajstić information content (AvgIpc) is 2.49. The van der Waals surface area contributed by atoms with Crippen molar-refractivity contribution in [2.45, 2.75) is 40.0 Å². The molecule has 1 aromatic rings. The van der Waals surface area contributed by atoms with Crippen molar-refractivity contribution >= 4 is 17.5 Å². The highest BCUT2D eigenvalue weighted by atomic mass is 16.1. The SMILES string of the molecule is CCNc1nc(CC)nc(N2CCC(C(N)=O)CC2)c1C. The molecule has 2 heterocycles. The summed E-state index contributed by atoms with van der Waals surface area (Å²) in [6.07, 6.45) is 2.41. The van der Waals surface area contributed by atoms with Crippen LogP contribution in [0.3, 0.4) is 0 Å². The van der Waals surface area contributed by atoms with E-state index in [0.717, 1.165) is 61.9 Å². The lowest BCUT2D eigenvalue weighted by atomic mass is 9.96. The molecule has 1 aliphatic rings. The number of carbonyl (C=O) groups excluding carboxylic acids is 1. The smallest absolute Gasteiger partial charge is 0.220 e. The summed E-state index contributed by atoms with van der Waals surface area (Å²) >= 11 is 0. The second kappa shape index (κ2) is 6.74. The molecule has 1 amide bonds. The minimum Gasteiger partial charge on any atom is -0.370 e. The number of aromatic nitrogens is 2. The average molecular weight is 291 g/mol. The Morgan fingerprint density at radius 3 is 2.52 bits per heavy atom. The monoisotopic (exact) mass is 291 g/mol. The molecule has 0 aliphatic carbocycles. The van der Waals surface area contributed by atoms with Crippen molar-refractivity contribution in [1.29, 1.82) is 0 Å². The van der Waals surface area contributed by atoms with Gasteiger partial charge >= 0.3 is 0 Å². The van der Waals surface area contributed by atoms with Gasteiger partial charge in [0.25, 0.3) is 0 Å². The lowest BCUT2D eigenvalue weighted by Crippen LogP contribution is -2.39. The molecule has 2 rings (SSSR count). The third kappa shape index (κ3) is 3.43. The number of nitrogens with two attached hydrogens (primary N) is 1. The van der Waals surface area contributed by atoms with Crippen LogP contribution in [0.15, 0.2) is 0 Å². The number of piperidine rings is 1. The fraction of sp³-hybridized carbons (Fsp3) is 0.667. The molecule has 6 nitrogen and oxygen atoms in total. The lowest BCUT2D eigenvalue weighted by molar-refractivity contribution is -0.122. The fourth-order valence-corrected chi connectivity index (χ4v) is 2.73. The van der Waals surface area contributed by atoms with Crippen LogP contribution in [0.1, 0.15) is 38.1 Å². The van der Waals surface area contributed by atoms with Crippen LogP contribution in [-0.2, 0) is 11.2 Å². The van der Waals surface area contributed by atoms with Crippen molar-refractivity contribution in [3.8, 4) is 0 Å². The van der Waals surface area contributed by atoms with Crippen LogP contribution in [-0.4, -0.2) is 35.5 Å². The first kappa shape index (κ1) is 15.5. The van der Waals surface area contributed by atoms with E-state index in [9.17, 15) is 4.79 Å². The molecule has 0 spiro atoms. The number of amides is 1. The molecule has 3 N–H and O–H groups in total. The van der Waals surface area contributed by atoms with Gasteiger partial charge in [0.15, 0.2) is 0 Å². The van der Waals surface area contributed by atoms with E-state index in [0.29, 0.717) is 0 Å². The van der Waals surface area contributed by atoms with Crippen LogP contribution >= 0.6 is 0 Å². The van der Waals surface area contributed by atoms with Crippen molar-refractivity contribution in [3.05, 3.63) is 11.4 Å². The highest BCUT2D eigenvalue weighted by Gasteiger charge is 2.25. The summed E-state index contributed by atoms with van der Waals surface area (Å²) in [6, 6.07) is 0. The second-order valence-electron chi connectivity index (χ2n) is 5.48. The van der Waals surface area contributed by atoms with E-state index in [-0.39, 0.29) is 11.8 Å². The molecule has 1 aliphatic heterocycles. The Bertz CT molecular complexity index is 509. The zero-order chi connectivity index (χ0) is 15.4. The molecule has 1 saturated heterocycles. The Morgan fingerprint density at radius 2 is 2.00 bits per heavy atom. The van der Waals surface area contributed by atoms with E-state index in [1.54, 1.807) is 0 Å². The number of hydrogen-bond donors (Lipinski definition) is 2. The van der Waals surface area contributed by atoms with Crippen molar-refractivity contribution in [3.63, 3.8) is 0 Å². The van der Waals surface area contributed by atoms with Crippen LogP contribution in [0.5, 0.6) is 0 Å². The zero-order valence-corrected chi connectivity index (χ0v) is 13.1. The Hall–Kier alpha value is -1.85. The number of carbonyl (C=O) groups is 1. The summed E-state index contributed by atoms with van der Waals surface area (Å²) < 4.78 is 0. The summed E-state index contributed by atoms with van der Waals surface area (Å²) in [5, 5.41) is 3.31. The van der Waals surface area contributed by atoms with Gasteiger partial charge in [-0.05, 0) is 26.7 Å². The molecule has 116 valence electrons. The second-order valence-corrected chi connectivity index (χ2v) is 5.48. The fourth-order valence-electron chi connectivity index (χ4n) is 2.73. The molecule has 6 heteroatoms. The van der Waals surface area contributed by atoms with E-state index in [4.69, 9.17) is 5.73 Å². The summed E-state index contributed by atoms with van der Waals surface area (Å²) in [5.74, 6) is 2.57. The number of aryl methyl sites for hydroxylation is 1. The summed E-state index contributed by atoms with van der Waals surface area (Å²) in [6.45, 7) is 8.65. The number of hydrogen-bond acceptors (Lipinski definition) is 5. The van der Waals surface area contributed by atoms with Crippen LogP contribution in [0.2, 0.25) is 0 Å². The molecule has 21 heavy (non-hydrogen) atoms. The van der Waals surface area contributed by atoms with Crippen LogP contribution in [0, 0.1) is 12.8 Å². The number of primary amides is 1. The Balaban J connectivity index is 2.23. The topological polar surface area (TPSA) is 84.1 Å². The van der Waals surface area contributed by atoms with E-state index in [2.05, 4.69) is 34.0 Å². The van der Waals surface area contributed by atoms with Crippen LogP contribution < -0.4 is 16.0 Å². The molecule has 0 atom stereocenters. The third-order valence-electron chi connectivity index (χ3n) is 4.02. The maximum Gasteiger partial charge on any atom is 0.220 e. The van der Waals surface area contributed by atoms with Crippen LogP contribution in [0.25, 0.3) is 0 Å². The standard InChI is InChI=1S/C15H25N5O/c1-4-12-18-14(17-5-2)10(3)15(19-12)20-8-6-11(7-9-20)13(16)21/h11H,4-9H2,1-3H3,(H2,16,21)(H,17,18,19). The first-order valence-corrected chi connectivity index (χ1v) is 7.72. The molecule has 0 aromatic carbocycles. The van der Waals surface area contributed by atoms with Crippen molar-refractivity contribution in [1.82, 2.24) is 9.97 Å². The Kier molecular flexibility index (Phi) is 4.98. The lowest BCUT2D eigenvalue weighted by Gasteiger charge is -2.32. The van der Waals surface area contributed by atoms with Crippen molar-refractivity contribution < 1.29 is 4.79 Å². The van der Waals surface area contributed by atoms with Crippen molar-refractivity contribution in [2.24, 2.45) is 11.7 Å². The molecular formula is C15H25N5O. The van der Waals surface area contributed by atoms with Gasteiger partial charge in [-0.2, -0.15) is 0 Å². The van der Waals surface area contributed by atoms with Gasteiger partial charge in [-0.15, -0.1) is 0 Å². The largest absolute Gasteiger partial charge is 0.370 e. The molecule has 1 fully saturated rings. The van der Waals surface area contributed by atoms with Gasteiger partial charge in [0, 0.05) is 37.5 Å². The van der Waals surface area contributed by atoms with Crippen LogP contribution in [0.4, 0.5) is 11.6 Å². The number of rotatable bonds is 5. The molecular weight excluding hydrogens is 266 g/mol. The Morgan fingerprint density at radius 1 is 1.33 bits per heavy atom. The minimum absolute atomic E-state index is 0.00211. The first-order valence-electron chi connectivity index (χ1n) is 7.72. The summed E-state index contributed by atoms with van der Waals surface area (Å²) in [7, 11) is 0. The van der Waals surface area contributed by atoms with E-state index < -0.39 is 0 Å². The highest BCUT2D eigenvalue weighted by Crippen LogP contribution is 2.28. The van der Waals surface area contributed by atoms with Gasteiger partial charge in [0.05, 0.1) is 0 Å². The molecule has 0 bridgehead atoms.